The molecule has 0 heterocycles. The van der Waals surface area contributed by atoms with E-state index in [1.54, 1.807) is 6.08 Å². The number of phosphoric ester groups is 1. The number of aliphatic hydroxyl groups excluding tert-OH is 1. The third-order valence-electron chi connectivity index (χ3n) is 9.26. The molecule has 0 rings (SSSR count). The molecule has 3 N–H and O–H groups in total. The molecule has 0 saturated heterocycles. The van der Waals surface area contributed by atoms with Crippen LogP contribution >= 0.6 is 7.82 Å². The van der Waals surface area contributed by atoms with Gasteiger partial charge in [0.05, 0.1) is 12.7 Å². The fourth-order valence-electron chi connectivity index (χ4n) is 5.96. The number of phosphoric acid groups is 1. The van der Waals surface area contributed by atoms with Crippen LogP contribution in [0.15, 0.2) is 72.9 Å². The Labute approximate surface area is 347 Å². The van der Waals surface area contributed by atoms with Gasteiger partial charge >= 0.3 is 19.8 Å². The van der Waals surface area contributed by atoms with Gasteiger partial charge < -0.3 is 24.4 Å². The molecule has 0 aromatic heterocycles. The summed E-state index contributed by atoms with van der Waals surface area (Å²) in [4.78, 5) is 42.9. The van der Waals surface area contributed by atoms with Crippen molar-refractivity contribution in [2.75, 3.05) is 13.2 Å². The maximum absolute atomic E-state index is 12.4. The van der Waals surface area contributed by atoms with E-state index in [0.717, 1.165) is 50.9 Å². The Bertz CT molecular complexity index is 1180. The van der Waals surface area contributed by atoms with E-state index >= 15 is 0 Å². The Morgan fingerprint density at radius 1 is 0.596 bits per heavy atom. The summed E-state index contributed by atoms with van der Waals surface area (Å²) in [6.07, 6.45) is 48.3. The van der Waals surface area contributed by atoms with E-state index in [1.165, 1.54) is 83.5 Å². The van der Waals surface area contributed by atoms with E-state index in [0.29, 0.717) is 19.3 Å². The topological polar surface area (TPSA) is 140 Å². The highest BCUT2D eigenvalue weighted by atomic mass is 31.2. The van der Waals surface area contributed by atoms with Gasteiger partial charge in [-0.05, 0) is 50.9 Å². The summed E-state index contributed by atoms with van der Waals surface area (Å²) in [5, 5.41) is 9.82. The van der Waals surface area contributed by atoms with E-state index in [2.05, 4.69) is 43.5 Å². The SMILES string of the molecule is CC/C=C\CC(O)/C=C/C=C/C/C=C\C/C=C\C/C=C\CCC(=O)OC[C@H](COP(=O)(O)O)OC(=O)CCCCCCCCCCCCCCCCCCC(C)C. The lowest BCUT2D eigenvalue weighted by Crippen LogP contribution is -2.29. The molecule has 57 heavy (non-hydrogen) atoms. The van der Waals surface area contributed by atoms with Crippen LogP contribution in [-0.4, -0.2) is 52.3 Å². The summed E-state index contributed by atoms with van der Waals surface area (Å²) in [6.45, 7) is 5.77. The number of hydrogen-bond acceptors (Lipinski definition) is 7. The second-order valence-electron chi connectivity index (χ2n) is 15.3. The zero-order chi connectivity index (χ0) is 42.1. The van der Waals surface area contributed by atoms with Crippen molar-refractivity contribution >= 4 is 19.8 Å². The molecule has 1 unspecified atom stereocenters. The summed E-state index contributed by atoms with van der Waals surface area (Å²) in [5.41, 5.74) is 0. The minimum absolute atomic E-state index is 0.124. The van der Waals surface area contributed by atoms with Gasteiger partial charge in [0.15, 0.2) is 6.10 Å². The number of rotatable bonds is 39. The third kappa shape index (κ3) is 44.4. The van der Waals surface area contributed by atoms with Gasteiger partial charge in [0, 0.05) is 12.8 Å². The number of unbranched alkanes of at least 4 members (excludes halogenated alkanes) is 15. The summed E-state index contributed by atoms with van der Waals surface area (Å²) in [5.74, 6) is -0.170. The monoisotopic (exact) mass is 821 g/mol. The predicted molar refractivity (Wildman–Crippen MR) is 236 cm³/mol. The smallest absolute Gasteiger partial charge is 0.462 e. The van der Waals surface area contributed by atoms with Gasteiger partial charge in [0.25, 0.3) is 0 Å². The van der Waals surface area contributed by atoms with Crippen LogP contribution in [0.2, 0.25) is 0 Å². The molecule has 0 bridgehead atoms. The molecule has 0 aliphatic rings. The Kier molecular flexibility index (Phi) is 38.4. The van der Waals surface area contributed by atoms with Crippen LogP contribution in [-0.2, 0) is 28.2 Å². The molecule has 0 aromatic carbocycles. The van der Waals surface area contributed by atoms with Crippen LogP contribution in [0.3, 0.4) is 0 Å². The minimum Gasteiger partial charge on any atom is -0.462 e. The molecule has 2 atom stereocenters. The van der Waals surface area contributed by atoms with Crippen molar-refractivity contribution in [3.63, 3.8) is 0 Å². The number of aliphatic hydroxyl groups is 1. The molecule has 0 aliphatic heterocycles. The highest BCUT2D eigenvalue weighted by Crippen LogP contribution is 2.36. The number of carbonyl (C=O) groups excluding carboxylic acids is 2. The summed E-state index contributed by atoms with van der Waals surface area (Å²) >= 11 is 0. The molecule has 0 amide bonds. The van der Waals surface area contributed by atoms with Crippen LogP contribution in [0.25, 0.3) is 0 Å². The summed E-state index contributed by atoms with van der Waals surface area (Å²) in [6, 6.07) is 0. The van der Waals surface area contributed by atoms with E-state index in [4.69, 9.17) is 19.3 Å². The second kappa shape index (κ2) is 40.2. The zero-order valence-electron chi connectivity index (χ0n) is 36.0. The van der Waals surface area contributed by atoms with Crippen LogP contribution < -0.4 is 0 Å². The molecule has 0 aliphatic carbocycles. The molecule has 9 nitrogen and oxygen atoms in total. The van der Waals surface area contributed by atoms with Crippen LogP contribution in [0.1, 0.15) is 181 Å². The third-order valence-corrected chi connectivity index (χ3v) is 9.75. The van der Waals surface area contributed by atoms with E-state index in [-0.39, 0.29) is 19.4 Å². The molecule has 10 heteroatoms. The number of carbonyl (C=O) groups is 2. The average molecular weight is 821 g/mol. The van der Waals surface area contributed by atoms with Crippen molar-refractivity contribution in [3.05, 3.63) is 72.9 Å². The molecular weight excluding hydrogens is 739 g/mol. The number of allylic oxidation sites excluding steroid dienone is 10. The van der Waals surface area contributed by atoms with E-state index < -0.39 is 38.6 Å². The van der Waals surface area contributed by atoms with Gasteiger partial charge in [-0.2, -0.15) is 0 Å². The molecular formula is C47H81O9P. The van der Waals surface area contributed by atoms with Gasteiger partial charge in [-0.3, -0.25) is 14.1 Å². The van der Waals surface area contributed by atoms with Crippen LogP contribution in [0.4, 0.5) is 0 Å². The lowest BCUT2D eigenvalue weighted by molar-refractivity contribution is -0.161. The Hall–Kier alpha value is -2.55. The standard InChI is InChI=1S/C47H81O9P/c1-4-5-31-37-44(48)38-33-28-24-20-16-12-10-14-17-21-25-29-34-39-46(49)54-41-45(42-55-57(51,52)53)56-47(50)40-35-30-26-22-18-13-9-7-6-8-11-15-19-23-27-32-36-43(2)3/h5,12,14,16-17,24-25,28-29,31,33,38,43-45,48H,4,6-11,13,15,18-23,26-27,30,32,34-37,39-42H2,1-3H3,(H2,51,52,53)/b16-12-,17-14-,28-24+,29-25-,31-5-,38-33+/t44?,45-/m1/s1. The van der Waals surface area contributed by atoms with Crippen molar-refractivity contribution in [1.29, 1.82) is 0 Å². The molecule has 0 spiro atoms. The summed E-state index contributed by atoms with van der Waals surface area (Å²) < 4.78 is 26.3. The molecule has 0 aromatic rings. The first-order valence-electron chi connectivity index (χ1n) is 22.2. The Morgan fingerprint density at radius 2 is 1.11 bits per heavy atom. The van der Waals surface area contributed by atoms with Gasteiger partial charge in [-0.25, -0.2) is 4.57 Å². The van der Waals surface area contributed by atoms with Gasteiger partial charge in [0.1, 0.15) is 6.61 Å². The van der Waals surface area contributed by atoms with Gasteiger partial charge in [-0.1, -0.05) is 196 Å². The minimum atomic E-state index is -4.78. The second-order valence-corrected chi connectivity index (χ2v) is 16.6. The fourth-order valence-corrected chi connectivity index (χ4v) is 6.32. The normalized spacial score (nSPS) is 13.8. The zero-order valence-corrected chi connectivity index (χ0v) is 36.9. The van der Waals surface area contributed by atoms with Crippen LogP contribution in [0.5, 0.6) is 0 Å². The van der Waals surface area contributed by atoms with Crippen molar-refractivity contribution in [1.82, 2.24) is 0 Å². The Balaban J connectivity index is 4.04. The number of hydrogen-bond donors (Lipinski definition) is 3. The quantitative estimate of drug-likeness (QED) is 0.0182. The molecule has 328 valence electrons. The first kappa shape index (κ1) is 54.5. The van der Waals surface area contributed by atoms with Crippen molar-refractivity contribution in [2.45, 2.75) is 193 Å². The highest BCUT2D eigenvalue weighted by molar-refractivity contribution is 7.46. The maximum Gasteiger partial charge on any atom is 0.469 e. The number of esters is 2. The summed E-state index contributed by atoms with van der Waals surface area (Å²) in [7, 11) is -4.78. The van der Waals surface area contributed by atoms with Crippen molar-refractivity contribution < 1.29 is 43.0 Å². The largest absolute Gasteiger partial charge is 0.469 e. The fraction of sp³-hybridized carbons (Fsp3) is 0.702. The van der Waals surface area contributed by atoms with Crippen LogP contribution in [0, 0.1) is 5.92 Å². The van der Waals surface area contributed by atoms with Gasteiger partial charge in [-0.15, -0.1) is 0 Å². The average Bonchev–Trinajstić information content (AvgIpc) is 3.16. The van der Waals surface area contributed by atoms with E-state index in [9.17, 15) is 19.3 Å². The van der Waals surface area contributed by atoms with Crippen molar-refractivity contribution in [3.8, 4) is 0 Å². The Morgan fingerprint density at radius 3 is 1.63 bits per heavy atom. The first-order valence-corrected chi connectivity index (χ1v) is 23.7. The number of ether oxygens (including phenoxy) is 2. The van der Waals surface area contributed by atoms with Crippen molar-refractivity contribution in [2.24, 2.45) is 5.92 Å². The lowest BCUT2D eigenvalue weighted by atomic mass is 10.0. The molecule has 0 saturated carbocycles. The van der Waals surface area contributed by atoms with Gasteiger partial charge in [0.2, 0.25) is 0 Å². The lowest BCUT2D eigenvalue weighted by Gasteiger charge is -2.18. The maximum atomic E-state index is 12.4. The molecule has 0 fully saturated rings. The van der Waals surface area contributed by atoms with E-state index in [1.807, 2.05) is 48.6 Å². The first-order chi connectivity index (χ1) is 27.5. The molecule has 0 radical (unpaired) electrons. The predicted octanol–water partition coefficient (Wildman–Crippen LogP) is 12.7. The highest BCUT2D eigenvalue weighted by Gasteiger charge is 2.22.